The van der Waals surface area contributed by atoms with Crippen molar-refractivity contribution in [1.82, 2.24) is 5.32 Å². The molecule has 0 radical (unpaired) electrons. The normalized spacial score (nSPS) is 29.6. The highest BCUT2D eigenvalue weighted by Gasteiger charge is 2.61. The Hall–Kier alpha value is -0.113. The molecule has 1 atom stereocenters. The summed E-state index contributed by atoms with van der Waals surface area (Å²) in [5, 5.41) is 2.50. The van der Waals surface area contributed by atoms with Gasteiger partial charge in [0.25, 0.3) is 5.79 Å². The van der Waals surface area contributed by atoms with E-state index in [0.29, 0.717) is 0 Å². The van der Waals surface area contributed by atoms with Crippen molar-refractivity contribution < 1.29 is 22.3 Å². The summed E-state index contributed by atoms with van der Waals surface area (Å²) in [6.07, 6.45) is -4.49. The predicted octanol–water partition coefficient (Wildman–Crippen LogP) is 1.67. The molecule has 0 aromatic rings. The highest BCUT2D eigenvalue weighted by molar-refractivity contribution is 6.69. The molecule has 1 fully saturated rings. The molecule has 0 saturated carbocycles. The van der Waals surface area contributed by atoms with E-state index in [4.69, 9.17) is 4.43 Å². The minimum absolute atomic E-state index is 0.121. The second-order valence-electron chi connectivity index (χ2n) is 4.18. The monoisotopic (exact) mass is 229 g/mol. The van der Waals surface area contributed by atoms with Crippen molar-refractivity contribution >= 4 is 8.32 Å². The van der Waals surface area contributed by atoms with E-state index in [0.717, 1.165) is 0 Å². The first kappa shape index (κ1) is 12.0. The van der Waals surface area contributed by atoms with Gasteiger partial charge in [-0.25, -0.2) is 0 Å². The van der Waals surface area contributed by atoms with Crippen molar-refractivity contribution in [3.63, 3.8) is 0 Å². The van der Waals surface area contributed by atoms with Gasteiger partial charge in [-0.2, -0.15) is 13.2 Å². The quantitative estimate of drug-likeness (QED) is 0.731. The largest absolute Gasteiger partial charge is 0.443 e. The summed E-state index contributed by atoms with van der Waals surface area (Å²) in [5.41, 5.74) is 0. The zero-order valence-corrected chi connectivity index (χ0v) is 9.36. The molecule has 84 valence electrons. The number of hydrogen-bond acceptors (Lipinski definition) is 3. The molecular formula is C7H14F3NO2Si. The van der Waals surface area contributed by atoms with Crippen LogP contribution in [0.25, 0.3) is 0 Å². The van der Waals surface area contributed by atoms with Gasteiger partial charge in [0.1, 0.15) is 6.73 Å². The Morgan fingerprint density at radius 3 is 2.21 bits per heavy atom. The molecule has 0 aromatic heterocycles. The molecule has 1 aliphatic rings. The van der Waals surface area contributed by atoms with E-state index in [9.17, 15) is 13.2 Å². The minimum Gasteiger partial charge on any atom is -0.383 e. The molecule has 1 heterocycles. The zero-order chi connectivity index (χ0) is 11.0. The smallest absolute Gasteiger partial charge is 0.383 e. The Balaban J connectivity index is 2.83. The molecule has 1 unspecified atom stereocenters. The maximum atomic E-state index is 12.7. The van der Waals surface area contributed by atoms with Crippen LogP contribution in [0.15, 0.2) is 0 Å². The van der Waals surface area contributed by atoms with Crippen LogP contribution in [0, 0.1) is 0 Å². The van der Waals surface area contributed by atoms with Gasteiger partial charge < -0.3 is 9.16 Å². The van der Waals surface area contributed by atoms with Gasteiger partial charge >= 0.3 is 6.18 Å². The summed E-state index contributed by atoms with van der Waals surface area (Å²) in [6, 6.07) is 0. The maximum Gasteiger partial charge on any atom is 0.443 e. The predicted molar refractivity (Wildman–Crippen MR) is 47.2 cm³/mol. The van der Waals surface area contributed by atoms with E-state index in [2.05, 4.69) is 10.1 Å². The van der Waals surface area contributed by atoms with Crippen LogP contribution >= 0.6 is 0 Å². The molecule has 0 aromatic carbocycles. The lowest BCUT2D eigenvalue weighted by Crippen LogP contribution is -2.55. The molecule has 7 heteroatoms. The van der Waals surface area contributed by atoms with Gasteiger partial charge in [-0.3, -0.25) is 5.32 Å². The third kappa shape index (κ3) is 2.47. The second kappa shape index (κ2) is 3.48. The molecule has 1 saturated heterocycles. The fraction of sp³-hybridized carbons (Fsp3) is 1.00. The van der Waals surface area contributed by atoms with Crippen LogP contribution in [0.2, 0.25) is 19.6 Å². The number of nitrogens with one attached hydrogen (secondary N) is 1. The molecule has 0 bridgehead atoms. The molecule has 0 amide bonds. The Bertz CT molecular complexity index is 208. The highest BCUT2D eigenvalue weighted by Crippen LogP contribution is 2.38. The highest BCUT2D eigenvalue weighted by atomic mass is 28.4. The van der Waals surface area contributed by atoms with Crippen LogP contribution < -0.4 is 5.32 Å². The minimum atomic E-state index is -4.49. The van der Waals surface area contributed by atoms with Gasteiger partial charge in [-0.05, 0) is 19.6 Å². The van der Waals surface area contributed by atoms with Gasteiger partial charge in [0.15, 0.2) is 8.32 Å². The fourth-order valence-corrected chi connectivity index (χ4v) is 2.47. The summed E-state index contributed by atoms with van der Waals surface area (Å²) in [6.45, 7) is 4.64. The molecule has 1 N–H and O–H groups in total. The lowest BCUT2D eigenvalue weighted by Gasteiger charge is -2.35. The van der Waals surface area contributed by atoms with Crippen LogP contribution in [-0.2, 0) is 9.16 Å². The number of alkyl halides is 3. The first-order chi connectivity index (χ1) is 6.16. The number of rotatable bonds is 2. The van der Waals surface area contributed by atoms with Crippen molar-refractivity contribution in [2.45, 2.75) is 31.6 Å². The van der Waals surface area contributed by atoms with Gasteiger partial charge in [-0.1, -0.05) is 0 Å². The van der Waals surface area contributed by atoms with Crippen molar-refractivity contribution in [2.75, 3.05) is 13.3 Å². The summed E-state index contributed by atoms with van der Waals surface area (Å²) < 4.78 is 47.8. The fourth-order valence-electron chi connectivity index (χ4n) is 1.23. The van der Waals surface area contributed by atoms with Crippen LogP contribution in [0.3, 0.4) is 0 Å². The molecule has 14 heavy (non-hydrogen) atoms. The summed E-state index contributed by atoms with van der Waals surface area (Å²) >= 11 is 0. The Morgan fingerprint density at radius 1 is 1.36 bits per heavy atom. The molecule has 3 nitrogen and oxygen atoms in total. The third-order valence-corrected chi connectivity index (χ3v) is 2.61. The standard InChI is InChI=1S/C7H14F3NO2Si/c1-14(2,3)13-6(7(8,9)10)4-11-5-12-6/h11H,4-5H2,1-3H3. The SMILES string of the molecule is C[Si](C)(C)OC1(C(F)(F)F)CNCO1. The molecular weight excluding hydrogens is 215 g/mol. The van der Waals surface area contributed by atoms with E-state index in [1.165, 1.54) is 0 Å². The average molecular weight is 229 g/mol. The summed E-state index contributed by atoms with van der Waals surface area (Å²) in [4.78, 5) is 0. The Labute approximate surface area is 81.7 Å². The summed E-state index contributed by atoms with van der Waals surface area (Å²) in [7, 11) is -2.29. The van der Waals surface area contributed by atoms with Crippen LogP contribution in [0.4, 0.5) is 13.2 Å². The maximum absolute atomic E-state index is 12.7. The average Bonchev–Trinajstić information content (AvgIpc) is 2.31. The van der Waals surface area contributed by atoms with E-state index in [1.807, 2.05) is 0 Å². The van der Waals surface area contributed by atoms with E-state index >= 15 is 0 Å². The molecule has 1 aliphatic heterocycles. The first-order valence-corrected chi connectivity index (χ1v) is 7.69. The van der Waals surface area contributed by atoms with Crippen molar-refractivity contribution in [3.05, 3.63) is 0 Å². The number of halogens is 3. The zero-order valence-electron chi connectivity index (χ0n) is 8.36. The van der Waals surface area contributed by atoms with Crippen LogP contribution in [0.1, 0.15) is 0 Å². The topological polar surface area (TPSA) is 30.5 Å². The number of hydrogen-bond donors (Lipinski definition) is 1. The lowest BCUT2D eigenvalue weighted by molar-refractivity contribution is -0.334. The van der Waals surface area contributed by atoms with Crippen molar-refractivity contribution in [3.8, 4) is 0 Å². The molecule has 0 spiro atoms. The van der Waals surface area contributed by atoms with Crippen molar-refractivity contribution in [2.24, 2.45) is 0 Å². The third-order valence-electron chi connectivity index (χ3n) is 1.67. The first-order valence-electron chi connectivity index (χ1n) is 4.28. The van der Waals surface area contributed by atoms with Crippen molar-refractivity contribution in [1.29, 1.82) is 0 Å². The lowest BCUT2D eigenvalue weighted by atomic mass is 10.3. The molecule has 1 rings (SSSR count). The molecule has 0 aliphatic carbocycles. The van der Waals surface area contributed by atoms with Gasteiger partial charge in [0.05, 0.1) is 6.54 Å². The Kier molecular flexibility index (Phi) is 2.97. The number of ether oxygens (including phenoxy) is 1. The van der Waals surface area contributed by atoms with Crippen LogP contribution in [-0.4, -0.2) is 33.6 Å². The second-order valence-corrected chi connectivity index (χ2v) is 8.61. The van der Waals surface area contributed by atoms with E-state index < -0.39 is 20.3 Å². The summed E-state index contributed by atoms with van der Waals surface area (Å²) in [5.74, 6) is -2.43. The van der Waals surface area contributed by atoms with Gasteiger partial charge in [-0.15, -0.1) is 0 Å². The van der Waals surface area contributed by atoms with Gasteiger partial charge in [0, 0.05) is 0 Å². The van der Waals surface area contributed by atoms with E-state index in [1.54, 1.807) is 19.6 Å². The van der Waals surface area contributed by atoms with Crippen LogP contribution in [0.5, 0.6) is 0 Å². The van der Waals surface area contributed by atoms with Gasteiger partial charge in [0.2, 0.25) is 0 Å². The Morgan fingerprint density at radius 2 is 1.93 bits per heavy atom. The van der Waals surface area contributed by atoms with E-state index in [-0.39, 0.29) is 13.3 Å².